The van der Waals surface area contributed by atoms with E-state index in [4.69, 9.17) is 0 Å². The van der Waals surface area contributed by atoms with Crippen molar-refractivity contribution in [3.05, 3.63) is 388 Å². The molecular formula is C96H64N4. The fraction of sp³-hybridized carbons (Fsp3) is 0. The number of fused-ring (bicyclic) bond motifs is 14. The van der Waals surface area contributed by atoms with E-state index in [-0.39, 0.29) is 0 Å². The fourth-order valence-corrected chi connectivity index (χ4v) is 15.7. The summed E-state index contributed by atoms with van der Waals surface area (Å²) in [5.74, 6) is 0. The summed E-state index contributed by atoms with van der Waals surface area (Å²) in [7, 11) is 0. The van der Waals surface area contributed by atoms with Crippen LogP contribution in [0, 0.1) is 0 Å². The molecule has 0 aliphatic carbocycles. The summed E-state index contributed by atoms with van der Waals surface area (Å²) >= 11 is 0. The molecule has 0 unspecified atom stereocenters. The van der Waals surface area contributed by atoms with Crippen LogP contribution in [0.4, 0.5) is 0 Å². The summed E-state index contributed by atoms with van der Waals surface area (Å²) < 4.78 is 9.84. The highest BCUT2D eigenvalue weighted by Gasteiger charge is 2.24. The molecule has 0 fully saturated rings. The number of nitrogens with zero attached hydrogens (tertiary/aromatic N) is 4. The van der Waals surface area contributed by atoms with Crippen LogP contribution in [0.25, 0.3) is 177 Å². The molecule has 0 bridgehead atoms. The Morgan fingerprint density at radius 1 is 0.130 bits per heavy atom. The van der Waals surface area contributed by atoms with Gasteiger partial charge in [-0.1, -0.05) is 291 Å². The molecule has 20 aromatic rings. The molecule has 468 valence electrons. The predicted molar refractivity (Wildman–Crippen MR) is 423 cm³/mol. The maximum absolute atomic E-state index is 2.47. The van der Waals surface area contributed by atoms with E-state index in [1.165, 1.54) is 154 Å². The van der Waals surface area contributed by atoms with E-state index in [9.17, 15) is 0 Å². The molecule has 0 saturated heterocycles. The van der Waals surface area contributed by atoms with Crippen LogP contribution in [-0.2, 0) is 0 Å². The third kappa shape index (κ3) is 9.92. The SMILES string of the molecule is c1ccc(-c2ccc(-n3c4ccccc4c4ccc5c(c6ccccc6n5-c5cc(-c6ccccc6)cc(-c6ccccc6)c5)c43)cc2)cc1.c1ccc(-c2cccc(-c3cccc(-n4c5ccccc5c5c4ccc4c6ccccc6n(-c6cccc(-c7ccccc7)c6)c45)c3)c2)cc1. The number of hydrogen-bond donors (Lipinski definition) is 0. The average molecular weight is 1270 g/mol. The molecule has 4 nitrogen and oxygen atoms in total. The first kappa shape index (κ1) is 58.1. The first-order valence-electron chi connectivity index (χ1n) is 34.4. The number of rotatable bonds is 10. The van der Waals surface area contributed by atoms with Gasteiger partial charge in [0.2, 0.25) is 0 Å². The van der Waals surface area contributed by atoms with Gasteiger partial charge in [-0.15, -0.1) is 0 Å². The lowest BCUT2D eigenvalue weighted by Gasteiger charge is -2.14. The van der Waals surface area contributed by atoms with Crippen LogP contribution in [0.2, 0.25) is 0 Å². The molecule has 0 N–H and O–H groups in total. The first-order chi connectivity index (χ1) is 49.6. The van der Waals surface area contributed by atoms with Crippen molar-refractivity contribution in [2.45, 2.75) is 0 Å². The van der Waals surface area contributed by atoms with Gasteiger partial charge in [-0.05, 0) is 164 Å². The Hall–Kier alpha value is -13.3. The molecule has 4 heterocycles. The molecule has 16 aromatic carbocycles. The molecule has 100 heavy (non-hydrogen) atoms. The van der Waals surface area contributed by atoms with Crippen molar-refractivity contribution < 1.29 is 0 Å². The highest BCUT2D eigenvalue weighted by atomic mass is 15.0. The molecule has 0 aliphatic heterocycles. The van der Waals surface area contributed by atoms with Crippen LogP contribution in [-0.4, -0.2) is 18.3 Å². The number of benzene rings is 16. The summed E-state index contributed by atoms with van der Waals surface area (Å²) in [6, 6.07) is 141. The first-order valence-corrected chi connectivity index (χ1v) is 34.4. The Balaban J connectivity index is 0.000000139. The standard InChI is InChI=1S/2C48H32N2/c1-4-14-33(15-5-1)36-24-26-39(27-25-36)50-44-22-12-10-20-41(44)42-28-29-46-47(48(42)50)43-21-11-13-23-45(43)49(46)40-31-37(34-16-6-2-7-17-34)30-38(32-40)35-18-8-3-9-19-35;1-3-14-33(15-4-1)35-18-11-19-36(30-35)38-21-13-22-39(32-38)49-45-27-10-8-25-43(45)47-46(49)29-28-42-41-24-7-9-26-44(41)50(48(42)47)40-23-12-20-37(31-40)34-16-5-2-6-17-34/h2*1-32H. The molecule has 0 amide bonds. The van der Waals surface area contributed by atoms with Crippen molar-refractivity contribution in [3.8, 4) is 89.5 Å². The summed E-state index contributed by atoms with van der Waals surface area (Å²) in [6.07, 6.45) is 0. The monoisotopic (exact) mass is 1270 g/mol. The number of hydrogen-bond acceptors (Lipinski definition) is 0. The second-order valence-corrected chi connectivity index (χ2v) is 25.9. The van der Waals surface area contributed by atoms with Gasteiger partial charge in [-0.2, -0.15) is 0 Å². The summed E-state index contributed by atoms with van der Waals surface area (Å²) in [5, 5.41) is 10.0. The molecule has 20 rings (SSSR count). The van der Waals surface area contributed by atoms with Gasteiger partial charge >= 0.3 is 0 Å². The second-order valence-electron chi connectivity index (χ2n) is 25.9. The topological polar surface area (TPSA) is 19.7 Å². The average Bonchev–Trinajstić information content (AvgIpc) is 1.55. The lowest BCUT2D eigenvalue weighted by atomic mass is 9.98. The van der Waals surface area contributed by atoms with Crippen molar-refractivity contribution in [1.82, 2.24) is 18.3 Å². The quantitative estimate of drug-likeness (QED) is 0.130. The minimum absolute atomic E-state index is 1.14. The summed E-state index contributed by atoms with van der Waals surface area (Å²) in [4.78, 5) is 0. The van der Waals surface area contributed by atoms with E-state index in [2.05, 4.69) is 407 Å². The third-order valence-corrected chi connectivity index (χ3v) is 20.2. The zero-order valence-corrected chi connectivity index (χ0v) is 54.7. The van der Waals surface area contributed by atoms with E-state index < -0.39 is 0 Å². The fourth-order valence-electron chi connectivity index (χ4n) is 15.7. The van der Waals surface area contributed by atoms with E-state index in [0.717, 1.165) is 22.7 Å². The Labute approximate surface area is 579 Å². The number of para-hydroxylation sites is 4. The molecular weight excluding hydrogens is 1210 g/mol. The molecule has 0 saturated carbocycles. The lowest BCUT2D eigenvalue weighted by molar-refractivity contribution is 1.17. The Morgan fingerprint density at radius 3 is 0.860 bits per heavy atom. The van der Waals surface area contributed by atoms with Crippen LogP contribution >= 0.6 is 0 Å². The van der Waals surface area contributed by atoms with Crippen LogP contribution in [0.3, 0.4) is 0 Å². The highest BCUT2D eigenvalue weighted by molar-refractivity contribution is 6.28. The van der Waals surface area contributed by atoms with Crippen molar-refractivity contribution in [3.63, 3.8) is 0 Å². The summed E-state index contributed by atoms with van der Waals surface area (Å²) in [5.41, 5.74) is 28.7. The zero-order valence-electron chi connectivity index (χ0n) is 54.7. The maximum atomic E-state index is 2.47. The maximum Gasteiger partial charge on any atom is 0.0641 e. The summed E-state index contributed by atoms with van der Waals surface area (Å²) in [6.45, 7) is 0. The Bertz CT molecular complexity index is 6420. The van der Waals surface area contributed by atoms with Gasteiger partial charge in [0.15, 0.2) is 0 Å². The van der Waals surface area contributed by atoms with Gasteiger partial charge in [0.25, 0.3) is 0 Å². The Kier molecular flexibility index (Phi) is 14.2. The van der Waals surface area contributed by atoms with Crippen molar-refractivity contribution in [2.75, 3.05) is 0 Å². The predicted octanol–water partition coefficient (Wildman–Crippen LogP) is 25.8. The van der Waals surface area contributed by atoms with Crippen molar-refractivity contribution in [2.24, 2.45) is 0 Å². The Morgan fingerprint density at radius 2 is 0.410 bits per heavy atom. The second kappa shape index (κ2) is 24.4. The van der Waals surface area contributed by atoms with E-state index >= 15 is 0 Å². The minimum Gasteiger partial charge on any atom is -0.309 e. The van der Waals surface area contributed by atoms with Crippen LogP contribution in [0.15, 0.2) is 388 Å². The van der Waals surface area contributed by atoms with Gasteiger partial charge in [-0.3, -0.25) is 0 Å². The van der Waals surface area contributed by atoms with Crippen molar-refractivity contribution >= 4 is 87.2 Å². The largest absolute Gasteiger partial charge is 0.309 e. The van der Waals surface area contributed by atoms with Gasteiger partial charge in [-0.25, -0.2) is 0 Å². The smallest absolute Gasteiger partial charge is 0.0641 e. The molecule has 0 radical (unpaired) electrons. The van der Waals surface area contributed by atoms with Crippen LogP contribution in [0.5, 0.6) is 0 Å². The van der Waals surface area contributed by atoms with Crippen LogP contribution in [0.1, 0.15) is 0 Å². The van der Waals surface area contributed by atoms with Gasteiger partial charge in [0.05, 0.1) is 44.1 Å². The van der Waals surface area contributed by atoms with Gasteiger partial charge in [0, 0.05) is 65.8 Å². The van der Waals surface area contributed by atoms with E-state index in [0.29, 0.717) is 0 Å². The van der Waals surface area contributed by atoms with Gasteiger partial charge in [0.1, 0.15) is 0 Å². The van der Waals surface area contributed by atoms with Crippen molar-refractivity contribution in [1.29, 1.82) is 0 Å². The molecule has 4 heteroatoms. The van der Waals surface area contributed by atoms with E-state index in [1.54, 1.807) is 0 Å². The van der Waals surface area contributed by atoms with E-state index in [1.807, 2.05) is 0 Å². The molecule has 0 spiro atoms. The molecule has 4 aromatic heterocycles. The lowest BCUT2D eigenvalue weighted by Crippen LogP contribution is -1.97. The third-order valence-electron chi connectivity index (χ3n) is 20.2. The normalized spacial score (nSPS) is 11.6. The minimum atomic E-state index is 1.14. The number of aromatic nitrogens is 4. The van der Waals surface area contributed by atoms with Gasteiger partial charge < -0.3 is 18.3 Å². The highest BCUT2D eigenvalue weighted by Crippen LogP contribution is 2.46. The molecule has 0 atom stereocenters. The molecule has 0 aliphatic rings. The van der Waals surface area contributed by atoms with Crippen LogP contribution < -0.4 is 0 Å². The zero-order chi connectivity index (χ0) is 66.0.